The van der Waals surface area contributed by atoms with Gasteiger partial charge in [-0.05, 0) is 26.0 Å². The molecule has 0 aliphatic carbocycles. The van der Waals surface area contributed by atoms with E-state index < -0.39 is 17.5 Å². The lowest BCUT2D eigenvalue weighted by Crippen LogP contribution is -2.37. The Hall–Kier alpha value is -1.65. The molecule has 0 bridgehead atoms. The van der Waals surface area contributed by atoms with E-state index in [1.54, 1.807) is 0 Å². The number of hydrogen-bond donors (Lipinski definition) is 1. The second-order valence-corrected chi connectivity index (χ2v) is 4.50. The van der Waals surface area contributed by atoms with Crippen LogP contribution in [0.2, 0.25) is 0 Å². The molecule has 1 N–H and O–H groups in total. The molecule has 0 saturated heterocycles. The summed E-state index contributed by atoms with van der Waals surface area (Å²) in [6, 6.07) is 5.35. The quantitative estimate of drug-likeness (QED) is 0.880. The van der Waals surface area contributed by atoms with Crippen LogP contribution in [-0.4, -0.2) is 16.7 Å². The molecule has 0 fully saturated rings. The monoisotopic (exact) mass is 258 g/mol. The van der Waals surface area contributed by atoms with Crippen LogP contribution >= 0.6 is 0 Å². The Bertz CT molecular complexity index is 442. The van der Waals surface area contributed by atoms with Crippen molar-refractivity contribution in [1.82, 2.24) is 0 Å². The van der Waals surface area contributed by atoms with Crippen molar-refractivity contribution in [2.24, 2.45) is 0 Å². The minimum atomic E-state index is -2.94. The fraction of sp³-hybridized carbons (Fsp3) is 0.462. The van der Waals surface area contributed by atoms with Crippen LogP contribution in [0.5, 0.6) is 5.75 Å². The van der Waals surface area contributed by atoms with Crippen molar-refractivity contribution < 1.29 is 23.4 Å². The van der Waals surface area contributed by atoms with Crippen molar-refractivity contribution in [3.05, 3.63) is 29.8 Å². The Labute approximate surface area is 104 Å². The highest BCUT2D eigenvalue weighted by molar-refractivity contribution is 5.76. The van der Waals surface area contributed by atoms with Crippen molar-refractivity contribution in [3.8, 4) is 5.75 Å². The lowest BCUT2D eigenvalue weighted by molar-refractivity contribution is -0.152. The van der Waals surface area contributed by atoms with Gasteiger partial charge in [-0.15, -0.1) is 0 Å². The zero-order valence-electron chi connectivity index (χ0n) is 10.5. The Morgan fingerprint density at radius 2 is 2.00 bits per heavy atom. The number of carboxylic acid groups (broad SMARTS) is 1. The fourth-order valence-electron chi connectivity index (χ4n) is 1.33. The van der Waals surface area contributed by atoms with Gasteiger partial charge in [0.15, 0.2) is 5.60 Å². The Balaban J connectivity index is 3.00. The number of benzene rings is 1. The van der Waals surface area contributed by atoms with Crippen molar-refractivity contribution >= 4 is 5.97 Å². The summed E-state index contributed by atoms with van der Waals surface area (Å²) in [5.41, 5.74) is -1.64. The van der Waals surface area contributed by atoms with E-state index in [4.69, 9.17) is 9.84 Å². The number of ether oxygens (including phenoxy) is 1. The molecular weight excluding hydrogens is 242 g/mol. The topological polar surface area (TPSA) is 46.5 Å². The highest BCUT2D eigenvalue weighted by atomic mass is 19.3. The van der Waals surface area contributed by atoms with E-state index in [9.17, 15) is 13.6 Å². The number of aliphatic carboxylic acids is 1. The lowest BCUT2D eigenvalue weighted by atomic mass is 10.1. The van der Waals surface area contributed by atoms with E-state index in [-0.39, 0.29) is 17.7 Å². The van der Waals surface area contributed by atoms with Gasteiger partial charge in [0.1, 0.15) is 5.75 Å². The van der Waals surface area contributed by atoms with Crippen molar-refractivity contribution in [1.29, 1.82) is 0 Å². The second kappa shape index (κ2) is 4.92. The lowest BCUT2D eigenvalue weighted by Gasteiger charge is -2.22. The van der Waals surface area contributed by atoms with Crippen LogP contribution in [0.4, 0.5) is 8.78 Å². The molecule has 18 heavy (non-hydrogen) atoms. The van der Waals surface area contributed by atoms with Gasteiger partial charge < -0.3 is 9.84 Å². The molecule has 0 amide bonds. The molecule has 0 spiro atoms. The van der Waals surface area contributed by atoms with Crippen LogP contribution in [0.15, 0.2) is 24.3 Å². The molecule has 0 radical (unpaired) electrons. The molecule has 0 unspecified atom stereocenters. The molecule has 1 aromatic carbocycles. The van der Waals surface area contributed by atoms with Gasteiger partial charge in [-0.2, -0.15) is 0 Å². The standard InChI is InChI=1S/C13H16F2O3/c1-4-13(14,15)9-6-5-7-10(8-9)18-12(2,3)11(16)17/h5-8H,4H2,1-3H3,(H,16,17). The third-order valence-electron chi connectivity index (χ3n) is 2.59. The molecule has 0 aliphatic rings. The zero-order valence-corrected chi connectivity index (χ0v) is 10.5. The Morgan fingerprint density at radius 3 is 2.50 bits per heavy atom. The number of rotatable bonds is 5. The summed E-state index contributed by atoms with van der Waals surface area (Å²) in [4.78, 5) is 10.9. The average Bonchev–Trinajstić information content (AvgIpc) is 2.28. The van der Waals surface area contributed by atoms with E-state index in [1.807, 2.05) is 0 Å². The molecule has 0 aromatic heterocycles. The predicted molar refractivity (Wildman–Crippen MR) is 63.0 cm³/mol. The van der Waals surface area contributed by atoms with Gasteiger partial charge in [0.2, 0.25) is 0 Å². The minimum absolute atomic E-state index is 0.119. The van der Waals surface area contributed by atoms with E-state index in [2.05, 4.69) is 0 Å². The van der Waals surface area contributed by atoms with Gasteiger partial charge in [0, 0.05) is 12.0 Å². The molecule has 100 valence electrons. The largest absolute Gasteiger partial charge is 0.478 e. The van der Waals surface area contributed by atoms with Gasteiger partial charge >= 0.3 is 5.97 Å². The van der Waals surface area contributed by atoms with Gasteiger partial charge in [0.05, 0.1) is 0 Å². The maximum absolute atomic E-state index is 13.5. The molecule has 5 heteroatoms. The highest BCUT2D eigenvalue weighted by Gasteiger charge is 2.32. The number of carbonyl (C=O) groups is 1. The second-order valence-electron chi connectivity index (χ2n) is 4.50. The van der Waals surface area contributed by atoms with Gasteiger partial charge in [-0.25, -0.2) is 13.6 Å². The number of alkyl halides is 2. The smallest absolute Gasteiger partial charge is 0.347 e. The van der Waals surface area contributed by atoms with E-state index in [1.165, 1.54) is 45.0 Å². The van der Waals surface area contributed by atoms with Crippen LogP contribution in [0.1, 0.15) is 32.8 Å². The molecule has 1 aromatic rings. The first kappa shape index (κ1) is 14.4. The first-order valence-corrected chi connectivity index (χ1v) is 5.60. The summed E-state index contributed by atoms with van der Waals surface area (Å²) in [7, 11) is 0. The molecule has 3 nitrogen and oxygen atoms in total. The van der Waals surface area contributed by atoms with Crippen LogP contribution < -0.4 is 4.74 Å². The zero-order chi connectivity index (χ0) is 14.0. The molecule has 0 atom stereocenters. The average molecular weight is 258 g/mol. The predicted octanol–water partition coefficient (Wildman–Crippen LogP) is 3.43. The summed E-state index contributed by atoms with van der Waals surface area (Å²) < 4.78 is 32.2. The van der Waals surface area contributed by atoms with Crippen LogP contribution in [0.25, 0.3) is 0 Å². The highest BCUT2D eigenvalue weighted by Crippen LogP contribution is 2.33. The van der Waals surface area contributed by atoms with Crippen molar-refractivity contribution in [2.75, 3.05) is 0 Å². The third-order valence-corrected chi connectivity index (χ3v) is 2.59. The van der Waals surface area contributed by atoms with E-state index in [0.29, 0.717) is 0 Å². The summed E-state index contributed by atoms with van der Waals surface area (Å²) in [6.07, 6.45) is -0.321. The third kappa shape index (κ3) is 3.18. The number of halogens is 2. The summed E-state index contributed by atoms with van der Waals surface area (Å²) in [5.74, 6) is -3.98. The normalized spacial score (nSPS) is 12.3. The number of hydrogen-bond acceptors (Lipinski definition) is 2. The first-order chi connectivity index (χ1) is 8.19. The van der Waals surface area contributed by atoms with E-state index >= 15 is 0 Å². The molecule has 0 heterocycles. The van der Waals surface area contributed by atoms with E-state index in [0.717, 1.165) is 0 Å². The summed E-state index contributed by atoms with van der Waals surface area (Å²) >= 11 is 0. The Kier molecular flexibility index (Phi) is 3.94. The Morgan fingerprint density at radius 1 is 1.39 bits per heavy atom. The SMILES string of the molecule is CCC(F)(F)c1cccc(OC(C)(C)C(=O)O)c1. The van der Waals surface area contributed by atoms with Crippen molar-refractivity contribution in [2.45, 2.75) is 38.7 Å². The van der Waals surface area contributed by atoms with Gasteiger partial charge in [0.25, 0.3) is 5.92 Å². The van der Waals surface area contributed by atoms with Gasteiger partial charge in [-0.1, -0.05) is 19.1 Å². The number of carboxylic acids is 1. The fourth-order valence-corrected chi connectivity index (χ4v) is 1.33. The van der Waals surface area contributed by atoms with Gasteiger partial charge in [-0.3, -0.25) is 0 Å². The molecule has 0 aliphatic heterocycles. The molecule has 1 rings (SSSR count). The van der Waals surface area contributed by atoms with Crippen LogP contribution in [-0.2, 0) is 10.7 Å². The van der Waals surface area contributed by atoms with Crippen molar-refractivity contribution in [3.63, 3.8) is 0 Å². The maximum Gasteiger partial charge on any atom is 0.347 e. The summed E-state index contributed by atoms with van der Waals surface area (Å²) in [6.45, 7) is 4.11. The summed E-state index contributed by atoms with van der Waals surface area (Å²) in [5, 5.41) is 8.90. The minimum Gasteiger partial charge on any atom is -0.478 e. The molecular formula is C13H16F2O3. The van der Waals surface area contributed by atoms with Crippen LogP contribution in [0, 0.1) is 0 Å². The molecule has 0 saturated carbocycles. The maximum atomic E-state index is 13.5. The first-order valence-electron chi connectivity index (χ1n) is 5.60. The van der Waals surface area contributed by atoms with Crippen LogP contribution in [0.3, 0.4) is 0 Å².